The lowest BCUT2D eigenvalue weighted by Crippen LogP contribution is -2.17. The van der Waals surface area contributed by atoms with Gasteiger partial charge in [0.05, 0.1) is 18.9 Å². The van der Waals surface area contributed by atoms with Gasteiger partial charge >= 0.3 is 5.97 Å². The SMILES string of the molecule is COC(=O)c1ccc(/C=N/NC(=O)c2ccc3ccccc3c2)cc1. The van der Waals surface area contributed by atoms with Gasteiger partial charge in [-0.1, -0.05) is 42.5 Å². The molecule has 0 aliphatic rings. The lowest BCUT2D eigenvalue weighted by atomic mass is 10.1. The van der Waals surface area contributed by atoms with Gasteiger partial charge in [0, 0.05) is 5.56 Å². The highest BCUT2D eigenvalue weighted by Gasteiger charge is 2.05. The second-order valence-electron chi connectivity index (χ2n) is 5.37. The molecular formula is C20H16N2O3. The highest BCUT2D eigenvalue weighted by Crippen LogP contribution is 2.15. The Morgan fingerprint density at radius 3 is 2.32 bits per heavy atom. The van der Waals surface area contributed by atoms with Crippen molar-refractivity contribution >= 4 is 28.9 Å². The van der Waals surface area contributed by atoms with Crippen molar-refractivity contribution in [1.82, 2.24) is 5.43 Å². The van der Waals surface area contributed by atoms with Gasteiger partial charge in [-0.2, -0.15) is 5.10 Å². The second kappa shape index (κ2) is 7.40. The monoisotopic (exact) mass is 332 g/mol. The van der Waals surface area contributed by atoms with E-state index in [2.05, 4.69) is 15.3 Å². The topological polar surface area (TPSA) is 67.8 Å². The van der Waals surface area contributed by atoms with E-state index in [0.717, 1.165) is 16.3 Å². The van der Waals surface area contributed by atoms with Crippen LogP contribution in [0, 0.1) is 0 Å². The average Bonchev–Trinajstić information content (AvgIpc) is 2.67. The molecule has 0 unspecified atom stereocenters. The number of carbonyl (C=O) groups excluding carboxylic acids is 2. The Kier molecular flexibility index (Phi) is 4.85. The molecule has 0 saturated heterocycles. The molecule has 0 heterocycles. The Labute approximate surface area is 144 Å². The zero-order valence-electron chi connectivity index (χ0n) is 13.6. The second-order valence-corrected chi connectivity index (χ2v) is 5.37. The van der Waals surface area contributed by atoms with E-state index in [1.165, 1.54) is 13.3 Å². The Morgan fingerprint density at radius 2 is 1.60 bits per heavy atom. The summed E-state index contributed by atoms with van der Waals surface area (Å²) < 4.78 is 4.64. The predicted octanol–water partition coefficient (Wildman–Crippen LogP) is 3.39. The van der Waals surface area contributed by atoms with Crippen LogP contribution >= 0.6 is 0 Å². The van der Waals surface area contributed by atoms with Crippen molar-refractivity contribution in [3.05, 3.63) is 83.4 Å². The lowest BCUT2D eigenvalue weighted by Gasteiger charge is -2.02. The number of amides is 1. The average molecular weight is 332 g/mol. The van der Waals surface area contributed by atoms with Gasteiger partial charge in [0.2, 0.25) is 0 Å². The molecule has 0 aliphatic carbocycles. The summed E-state index contributed by atoms with van der Waals surface area (Å²) in [6, 6.07) is 20.0. The van der Waals surface area contributed by atoms with Crippen molar-refractivity contribution in [3.63, 3.8) is 0 Å². The molecule has 0 spiro atoms. The number of carbonyl (C=O) groups is 2. The molecule has 5 nitrogen and oxygen atoms in total. The maximum atomic E-state index is 12.2. The molecule has 3 rings (SSSR count). The quantitative estimate of drug-likeness (QED) is 0.452. The minimum Gasteiger partial charge on any atom is -0.465 e. The third kappa shape index (κ3) is 3.90. The lowest BCUT2D eigenvalue weighted by molar-refractivity contribution is 0.0600. The van der Waals surface area contributed by atoms with Crippen molar-refractivity contribution in [1.29, 1.82) is 0 Å². The van der Waals surface area contributed by atoms with Crippen LogP contribution in [0.3, 0.4) is 0 Å². The highest BCUT2D eigenvalue weighted by molar-refractivity contribution is 5.99. The molecule has 124 valence electrons. The maximum Gasteiger partial charge on any atom is 0.337 e. The number of hydrogen-bond donors (Lipinski definition) is 1. The zero-order chi connectivity index (χ0) is 17.6. The summed E-state index contributed by atoms with van der Waals surface area (Å²) in [5.74, 6) is -0.679. The van der Waals surface area contributed by atoms with Gasteiger partial charge in [-0.15, -0.1) is 0 Å². The Morgan fingerprint density at radius 1 is 0.920 bits per heavy atom. The molecule has 5 heteroatoms. The van der Waals surface area contributed by atoms with Gasteiger partial charge in [-0.05, 0) is 40.6 Å². The van der Waals surface area contributed by atoms with Gasteiger partial charge in [-0.25, -0.2) is 10.2 Å². The molecule has 0 aromatic heterocycles. The Balaban J connectivity index is 1.66. The molecule has 3 aromatic carbocycles. The van der Waals surface area contributed by atoms with E-state index in [0.29, 0.717) is 11.1 Å². The predicted molar refractivity (Wildman–Crippen MR) is 96.8 cm³/mol. The summed E-state index contributed by atoms with van der Waals surface area (Å²) in [5.41, 5.74) is 4.25. The Bertz CT molecular complexity index is 947. The van der Waals surface area contributed by atoms with E-state index >= 15 is 0 Å². The summed E-state index contributed by atoms with van der Waals surface area (Å²) in [5, 5.41) is 6.03. The number of esters is 1. The maximum absolute atomic E-state index is 12.2. The number of nitrogens with one attached hydrogen (secondary N) is 1. The van der Waals surface area contributed by atoms with Crippen LogP contribution < -0.4 is 5.43 Å². The van der Waals surface area contributed by atoms with E-state index in [-0.39, 0.29) is 5.91 Å². The molecule has 0 saturated carbocycles. The van der Waals surface area contributed by atoms with E-state index in [1.807, 2.05) is 36.4 Å². The van der Waals surface area contributed by atoms with Crippen molar-refractivity contribution in [3.8, 4) is 0 Å². The van der Waals surface area contributed by atoms with Crippen molar-refractivity contribution < 1.29 is 14.3 Å². The largest absolute Gasteiger partial charge is 0.465 e. The third-order valence-corrected chi connectivity index (χ3v) is 3.72. The molecule has 3 aromatic rings. The molecule has 0 aliphatic heterocycles. The van der Waals surface area contributed by atoms with E-state index in [9.17, 15) is 9.59 Å². The Hall–Kier alpha value is -3.47. The normalized spacial score (nSPS) is 10.8. The van der Waals surface area contributed by atoms with Crippen molar-refractivity contribution in [2.45, 2.75) is 0 Å². The van der Waals surface area contributed by atoms with Gasteiger partial charge < -0.3 is 4.74 Å². The van der Waals surface area contributed by atoms with Gasteiger partial charge in [0.1, 0.15) is 0 Å². The number of rotatable bonds is 4. The van der Waals surface area contributed by atoms with E-state index in [1.54, 1.807) is 30.3 Å². The number of hydrogen-bond acceptors (Lipinski definition) is 4. The van der Waals surface area contributed by atoms with Gasteiger partial charge in [-0.3, -0.25) is 4.79 Å². The number of hydrazone groups is 1. The number of benzene rings is 3. The summed E-state index contributed by atoms with van der Waals surface area (Å²) >= 11 is 0. The molecule has 1 N–H and O–H groups in total. The fraction of sp³-hybridized carbons (Fsp3) is 0.0500. The van der Waals surface area contributed by atoms with Crippen LogP contribution in [0.15, 0.2) is 71.8 Å². The van der Waals surface area contributed by atoms with Crippen molar-refractivity contribution in [2.75, 3.05) is 7.11 Å². The third-order valence-electron chi connectivity index (χ3n) is 3.72. The van der Waals surface area contributed by atoms with Crippen LogP contribution in [-0.4, -0.2) is 25.2 Å². The zero-order valence-corrected chi connectivity index (χ0v) is 13.6. The van der Waals surface area contributed by atoms with Gasteiger partial charge in [0.15, 0.2) is 0 Å². The van der Waals surface area contributed by atoms with Crippen LogP contribution in [0.4, 0.5) is 0 Å². The molecular weight excluding hydrogens is 316 g/mol. The standard InChI is InChI=1S/C20H16N2O3/c1-25-20(24)16-8-6-14(7-9-16)13-21-22-19(23)18-11-10-15-4-2-3-5-17(15)12-18/h2-13H,1H3,(H,22,23)/b21-13+. The van der Waals surface area contributed by atoms with Crippen molar-refractivity contribution in [2.24, 2.45) is 5.10 Å². The first kappa shape index (κ1) is 16.4. The summed E-state index contributed by atoms with van der Waals surface area (Å²) in [4.78, 5) is 23.5. The molecule has 0 fully saturated rings. The van der Waals surface area contributed by atoms with E-state index in [4.69, 9.17) is 0 Å². The first-order valence-corrected chi connectivity index (χ1v) is 7.68. The number of ether oxygens (including phenoxy) is 1. The number of fused-ring (bicyclic) bond motifs is 1. The highest BCUT2D eigenvalue weighted by atomic mass is 16.5. The van der Waals surface area contributed by atoms with E-state index < -0.39 is 5.97 Å². The first-order valence-electron chi connectivity index (χ1n) is 7.68. The van der Waals surface area contributed by atoms with Gasteiger partial charge in [0.25, 0.3) is 5.91 Å². The van der Waals surface area contributed by atoms with Crippen LogP contribution in [0.5, 0.6) is 0 Å². The van der Waals surface area contributed by atoms with Crippen LogP contribution in [0.25, 0.3) is 10.8 Å². The van der Waals surface area contributed by atoms with Crippen LogP contribution in [0.1, 0.15) is 26.3 Å². The fourth-order valence-corrected chi connectivity index (χ4v) is 2.38. The molecule has 0 radical (unpaired) electrons. The minimum absolute atomic E-state index is 0.284. The first-order chi connectivity index (χ1) is 12.2. The molecule has 25 heavy (non-hydrogen) atoms. The number of methoxy groups -OCH3 is 1. The summed E-state index contributed by atoms with van der Waals surface area (Å²) in [7, 11) is 1.33. The minimum atomic E-state index is -0.395. The number of nitrogens with zero attached hydrogens (tertiary/aromatic N) is 1. The summed E-state index contributed by atoms with van der Waals surface area (Å²) in [6.07, 6.45) is 1.51. The molecule has 1 amide bonds. The van der Waals surface area contributed by atoms with Crippen LogP contribution in [-0.2, 0) is 4.74 Å². The fourth-order valence-electron chi connectivity index (χ4n) is 2.38. The van der Waals surface area contributed by atoms with Crippen LogP contribution in [0.2, 0.25) is 0 Å². The smallest absolute Gasteiger partial charge is 0.337 e. The summed E-state index contributed by atoms with van der Waals surface area (Å²) in [6.45, 7) is 0. The molecule has 0 bridgehead atoms. The molecule has 0 atom stereocenters.